The number of nitrogens with zero attached hydrogens (tertiary/aromatic N) is 6. The summed E-state index contributed by atoms with van der Waals surface area (Å²) >= 11 is 0. The quantitative estimate of drug-likeness (QED) is 0.181. The van der Waals surface area contributed by atoms with Crippen LogP contribution in [0.3, 0.4) is 0 Å². The molecule has 58 heavy (non-hydrogen) atoms. The average Bonchev–Trinajstić information content (AvgIpc) is 3.96. The molecule has 0 aromatic carbocycles. The molecule has 0 spiro atoms. The maximum atomic E-state index is 14.7. The molecule has 16 nitrogen and oxygen atoms in total. The molecule has 1 amide bonds. The number of aromatic nitrogens is 4. The lowest BCUT2D eigenvalue weighted by Crippen LogP contribution is -2.60. The number of Topliss-reactive ketones (excluding diaryl/α,β-unsaturated/α-hetero) is 2. The van der Waals surface area contributed by atoms with E-state index >= 15 is 0 Å². The number of aryl methyl sites for hydroxylation is 1. The highest BCUT2D eigenvalue weighted by Gasteiger charge is 2.60. The number of ketones is 2. The van der Waals surface area contributed by atoms with Crippen molar-refractivity contribution in [1.82, 2.24) is 28.9 Å². The van der Waals surface area contributed by atoms with Gasteiger partial charge in [-0.3, -0.25) is 19.0 Å². The summed E-state index contributed by atoms with van der Waals surface area (Å²) in [5.74, 6) is -4.20. The van der Waals surface area contributed by atoms with Gasteiger partial charge in [-0.15, -0.1) is 0 Å². The van der Waals surface area contributed by atoms with Crippen LogP contribution in [0, 0.1) is 23.7 Å². The summed E-state index contributed by atoms with van der Waals surface area (Å²) in [6.45, 7) is 17.7. The van der Waals surface area contributed by atoms with Crippen molar-refractivity contribution >= 4 is 23.6 Å². The van der Waals surface area contributed by atoms with E-state index in [0.29, 0.717) is 38.9 Å². The van der Waals surface area contributed by atoms with Gasteiger partial charge in [0.15, 0.2) is 23.5 Å². The first-order chi connectivity index (χ1) is 27.4. The summed E-state index contributed by atoms with van der Waals surface area (Å²) in [6.07, 6.45) is 6.13. The van der Waals surface area contributed by atoms with Gasteiger partial charge in [0.05, 0.1) is 30.2 Å². The van der Waals surface area contributed by atoms with Gasteiger partial charge in [-0.25, -0.2) is 14.8 Å². The van der Waals surface area contributed by atoms with E-state index in [4.69, 9.17) is 23.7 Å². The number of unbranched alkanes of at least 4 members (excludes halogenated alkanes) is 1. The molecule has 324 valence electrons. The van der Waals surface area contributed by atoms with Crippen molar-refractivity contribution in [3.63, 3.8) is 0 Å². The van der Waals surface area contributed by atoms with E-state index in [1.807, 2.05) is 61.2 Å². The van der Waals surface area contributed by atoms with Gasteiger partial charge in [0.1, 0.15) is 30.2 Å². The minimum atomic E-state index is -1.40. The van der Waals surface area contributed by atoms with Crippen LogP contribution in [-0.2, 0) is 44.6 Å². The zero-order valence-corrected chi connectivity index (χ0v) is 36.2. The smallest absolute Gasteiger partial charge is 0.410 e. The monoisotopic (exact) mass is 814 g/mol. The highest BCUT2D eigenvalue weighted by atomic mass is 16.7. The van der Waals surface area contributed by atoms with Gasteiger partial charge in [-0.2, -0.15) is 0 Å². The van der Waals surface area contributed by atoms with Crippen LogP contribution < -0.4 is 0 Å². The van der Waals surface area contributed by atoms with Crippen molar-refractivity contribution in [2.24, 2.45) is 23.7 Å². The van der Waals surface area contributed by atoms with Crippen LogP contribution in [0.4, 0.5) is 4.79 Å². The molecular formula is C42H66N6O10. The molecule has 5 heterocycles. The number of ether oxygens (including phenoxy) is 5. The second kappa shape index (κ2) is 18.7. The van der Waals surface area contributed by atoms with Gasteiger partial charge in [-0.1, -0.05) is 34.6 Å². The molecule has 13 atom stereocenters. The fourth-order valence-electron chi connectivity index (χ4n) is 9.44. The van der Waals surface area contributed by atoms with Crippen molar-refractivity contribution in [2.75, 3.05) is 27.2 Å². The number of aliphatic hydroxyl groups is 1. The minimum absolute atomic E-state index is 0.131. The fraction of sp³-hybridized carbons (Fsp3) is 0.762. The molecule has 3 aliphatic heterocycles. The minimum Gasteiger partial charge on any atom is -0.458 e. The fourth-order valence-corrected chi connectivity index (χ4v) is 9.44. The number of hydrogen-bond acceptors (Lipinski definition) is 13. The second-order valence-corrected chi connectivity index (χ2v) is 17.1. The number of methoxy groups -OCH3 is 1. The number of likely N-dealkylation sites (N-methyl/N-ethyl adjacent to an activating group) is 1. The van der Waals surface area contributed by atoms with Gasteiger partial charge in [0, 0.05) is 62.6 Å². The van der Waals surface area contributed by atoms with Crippen molar-refractivity contribution < 1.29 is 48.0 Å². The van der Waals surface area contributed by atoms with E-state index in [-0.39, 0.29) is 30.8 Å². The van der Waals surface area contributed by atoms with Gasteiger partial charge in [-0.05, 0) is 73.4 Å². The molecule has 5 rings (SSSR count). The number of carbonyl (C=O) groups excluding carboxylic acids is 4. The number of esters is 1. The Morgan fingerprint density at radius 1 is 1.00 bits per heavy atom. The summed E-state index contributed by atoms with van der Waals surface area (Å²) in [7, 11) is 3.43. The molecule has 3 saturated heterocycles. The van der Waals surface area contributed by atoms with Gasteiger partial charge < -0.3 is 43.2 Å². The first-order valence-electron chi connectivity index (χ1n) is 20.9. The lowest BCUT2D eigenvalue weighted by atomic mass is 9.73. The van der Waals surface area contributed by atoms with Crippen molar-refractivity contribution in [3.05, 3.63) is 31.2 Å². The van der Waals surface area contributed by atoms with Crippen LogP contribution in [0.1, 0.15) is 94.4 Å². The van der Waals surface area contributed by atoms with E-state index in [9.17, 15) is 24.3 Å². The lowest BCUT2D eigenvalue weighted by molar-refractivity contribution is -0.296. The molecule has 0 unspecified atom stereocenters. The molecule has 1 N–H and O–H groups in total. The predicted octanol–water partition coefficient (Wildman–Crippen LogP) is 4.44. The SMILES string of the molecule is CC[C@H]1OC(=O)[C@H](C)C(=O)[C@H](C)[C@@H](O[C@@H]2O[C@H](C)C[C@H](N(C)CC)[C@H]2O)[C@](C)(OC)C[C@@H](C)C(=O)[C@H](C)[C@@H]2N(CCCCn3cnc(-n4ccnc4)c3)C(=O)O[C@@]21C. The molecule has 3 fully saturated rings. The Hall–Kier alpha value is -3.70. The van der Waals surface area contributed by atoms with Gasteiger partial charge >= 0.3 is 12.1 Å². The zero-order valence-electron chi connectivity index (χ0n) is 36.2. The predicted molar refractivity (Wildman–Crippen MR) is 213 cm³/mol. The molecule has 0 saturated carbocycles. The first-order valence-corrected chi connectivity index (χ1v) is 20.9. The van der Waals surface area contributed by atoms with Crippen molar-refractivity contribution in [2.45, 2.75) is 155 Å². The number of cyclic esters (lactones) is 1. The molecule has 0 radical (unpaired) electrons. The lowest BCUT2D eigenvalue weighted by Gasteiger charge is -2.47. The molecule has 16 heteroatoms. The van der Waals surface area contributed by atoms with E-state index in [1.165, 1.54) is 14.0 Å². The molecule has 0 aliphatic carbocycles. The van der Waals surface area contributed by atoms with Crippen LogP contribution in [0.2, 0.25) is 0 Å². The maximum absolute atomic E-state index is 14.7. The summed E-state index contributed by atoms with van der Waals surface area (Å²) in [6, 6.07) is -1.05. The Morgan fingerprint density at radius 3 is 2.34 bits per heavy atom. The number of imidazole rings is 2. The third kappa shape index (κ3) is 9.20. The number of aliphatic hydroxyl groups excluding tert-OH is 1. The Labute approximate surface area is 342 Å². The Kier molecular flexibility index (Phi) is 14.6. The summed E-state index contributed by atoms with van der Waals surface area (Å²) in [5.41, 5.74) is -2.67. The second-order valence-electron chi connectivity index (χ2n) is 17.1. The largest absolute Gasteiger partial charge is 0.458 e. The molecule has 2 aromatic rings. The number of fused-ring (bicyclic) bond motifs is 1. The Morgan fingerprint density at radius 2 is 1.71 bits per heavy atom. The Bertz CT molecular complexity index is 1720. The highest BCUT2D eigenvalue weighted by molar-refractivity contribution is 6.00. The standard InChI is InChI=1S/C42H66N6O10/c1-12-31-42(9)36(48(40(53)58-42)18-15-14-17-46-22-32(44-24-46)47-19-16-43-23-47)27(5)33(49)25(3)21-41(8,54-11)37(28(6)34(50)29(7)38(52)56-31)57-39-35(51)30(45(10)13-2)20-26(4)55-39/h16,19,22-31,35-37,39,51H,12-15,17-18,20-21H2,1-11H3/t25-,26-,27+,28+,29-,30+,31-,35-,36+,37-,39+,41-,42-/m1/s1. The van der Waals surface area contributed by atoms with E-state index in [1.54, 1.807) is 51.4 Å². The van der Waals surface area contributed by atoms with Crippen LogP contribution in [0.15, 0.2) is 31.2 Å². The molecule has 2 aromatic heterocycles. The van der Waals surface area contributed by atoms with Gasteiger partial charge in [0.25, 0.3) is 0 Å². The molecule has 0 bridgehead atoms. The summed E-state index contributed by atoms with van der Waals surface area (Å²) in [5, 5.41) is 11.6. The number of carbonyl (C=O) groups is 4. The Balaban J connectivity index is 1.44. The van der Waals surface area contributed by atoms with Crippen LogP contribution in [0.25, 0.3) is 5.82 Å². The van der Waals surface area contributed by atoms with Crippen LogP contribution >= 0.6 is 0 Å². The van der Waals surface area contributed by atoms with Crippen LogP contribution in [0.5, 0.6) is 0 Å². The summed E-state index contributed by atoms with van der Waals surface area (Å²) in [4.78, 5) is 69.1. The number of rotatable bonds is 12. The zero-order chi connectivity index (χ0) is 42.7. The van der Waals surface area contributed by atoms with E-state index in [0.717, 1.165) is 5.82 Å². The summed E-state index contributed by atoms with van der Waals surface area (Å²) < 4.78 is 35.1. The third-order valence-electron chi connectivity index (χ3n) is 13.0. The molecule has 3 aliphatic rings. The number of amides is 1. The highest BCUT2D eigenvalue weighted by Crippen LogP contribution is 2.43. The normalized spacial score (nSPS) is 36.8. The van der Waals surface area contributed by atoms with Crippen LogP contribution in [-0.4, -0.2) is 139 Å². The molecular weight excluding hydrogens is 748 g/mol. The van der Waals surface area contributed by atoms with Crippen molar-refractivity contribution in [1.29, 1.82) is 0 Å². The topological polar surface area (TPSA) is 177 Å². The number of hydrogen-bond donors (Lipinski definition) is 1. The van der Waals surface area contributed by atoms with Gasteiger partial charge in [0.2, 0.25) is 0 Å². The first kappa shape index (κ1) is 45.4. The van der Waals surface area contributed by atoms with E-state index in [2.05, 4.69) is 9.97 Å². The third-order valence-corrected chi connectivity index (χ3v) is 13.0. The average molecular weight is 815 g/mol. The van der Waals surface area contributed by atoms with E-state index < -0.39 is 83.4 Å². The van der Waals surface area contributed by atoms with Crippen molar-refractivity contribution in [3.8, 4) is 5.82 Å². The maximum Gasteiger partial charge on any atom is 0.410 e.